The predicted molar refractivity (Wildman–Crippen MR) is 106 cm³/mol. The molecule has 2 aromatic carbocycles. The van der Waals surface area contributed by atoms with Crippen LogP contribution in [0.3, 0.4) is 0 Å². The third-order valence-corrected chi connectivity index (χ3v) is 4.95. The lowest BCUT2D eigenvalue weighted by Crippen LogP contribution is -2.49. The van der Waals surface area contributed by atoms with E-state index >= 15 is 0 Å². The molecule has 138 valence electrons. The van der Waals surface area contributed by atoms with Crippen LogP contribution >= 0.6 is 0 Å². The highest BCUT2D eigenvalue weighted by molar-refractivity contribution is 5.81. The van der Waals surface area contributed by atoms with Crippen molar-refractivity contribution in [2.24, 2.45) is 0 Å². The first kappa shape index (κ1) is 18.5. The number of ether oxygens (including phenoxy) is 1. The molecule has 0 spiro atoms. The highest BCUT2D eigenvalue weighted by Gasteiger charge is 2.25. The molecule has 0 saturated heterocycles. The summed E-state index contributed by atoms with van der Waals surface area (Å²) in [4.78, 5) is 12.6. The van der Waals surface area contributed by atoms with E-state index < -0.39 is 6.10 Å². The van der Waals surface area contributed by atoms with Crippen molar-refractivity contribution >= 4 is 5.91 Å². The number of aryl methyl sites for hydroxylation is 2. The van der Waals surface area contributed by atoms with Gasteiger partial charge in [0.05, 0.1) is 0 Å². The minimum atomic E-state index is -0.522. The van der Waals surface area contributed by atoms with Crippen LogP contribution in [0.25, 0.3) is 0 Å². The average molecular weight is 351 g/mol. The molecule has 0 saturated carbocycles. The largest absolute Gasteiger partial charge is 0.481 e. The predicted octanol–water partition coefficient (Wildman–Crippen LogP) is 4.47. The standard InChI is InChI=1S/C23H29NO2/c1-17(26-21-14-13-19-11-7-8-12-20(19)15-21)22(25)24-23(2,3)16-18-9-5-4-6-10-18/h4-6,9-10,13-15,17H,7-8,11-12,16H2,1-3H3,(H,24,25)/t17-/m1/s1. The molecule has 0 bridgehead atoms. The molecule has 0 unspecified atom stereocenters. The van der Waals surface area contributed by atoms with Gasteiger partial charge in [0.1, 0.15) is 5.75 Å². The number of rotatable bonds is 6. The molecule has 26 heavy (non-hydrogen) atoms. The molecule has 3 heteroatoms. The van der Waals surface area contributed by atoms with Gasteiger partial charge in [-0.1, -0.05) is 36.4 Å². The van der Waals surface area contributed by atoms with Gasteiger partial charge >= 0.3 is 0 Å². The van der Waals surface area contributed by atoms with Gasteiger partial charge in [0, 0.05) is 5.54 Å². The highest BCUT2D eigenvalue weighted by atomic mass is 16.5. The van der Waals surface area contributed by atoms with Crippen LogP contribution in [-0.4, -0.2) is 17.6 Å². The quantitative estimate of drug-likeness (QED) is 0.834. The van der Waals surface area contributed by atoms with E-state index in [0.717, 1.165) is 25.0 Å². The highest BCUT2D eigenvalue weighted by Crippen LogP contribution is 2.26. The Hall–Kier alpha value is -2.29. The minimum Gasteiger partial charge on any atom is -0.481 e. The first-order valence-corrected chi connectivity index (χ1v) is 9.57. The van der Waals surface area contributed by atoms with Crippen LogP contribution in [0, 0.1) is 0 Å². The summed E-state index contributed by atoms with van der Waals surface area (Å²) in [6, 6.07) is 16.5. The van der Waals surface area contributed by atoms with Crippen molar-refractivity contribution in [1.82, 2.24) is 5.32 Å². The molecule has 1 N–H and O–H groups in total. The van der Waals surface area contributed by atoms with E-state index in [-0.39, 0.29) is 11.4 Å². The average Bonchev–Trinajstić information content (AvgIpc) is 2.61. The number of carbonyl (C=O) groups excluding carboxylic acids is 1. The molecule has 0 aromatic heterocycles. The summed E-state index contributed by atoms with van der Waals surface area (Å²) in [5, 5.41) is 3.12. The summed E-state index contributed by atoms with van der Waals surface area (Å²) in [5.41, 5.74) is 3.67. The number of carbonyl (C=O) groups is 1. The normalized spacial score (nSPS) is 15.0. The lowest BCUT2D eigenvalue weighted by Gasteiger charge is -2.28. The van der Waals surface area contributed by atoms with Gasteiger partial charge in [-0.05, 0) is 81.7 Å². The SMILES string of the molecule is C[C@@H](Oc1ccc2c(c1)CCCC2)C(=O)NC(C)(C)Cc1ccccc1. The lowest BCUT2D eigenvalue weighted by atomic mass is 9.92. The molecule has 0 fully saturated rings. The van der Waals surface area contributed by atoms with Gasteiger partial charge in [-0.3, -0.25) is 4.79 Å². The van der Waals surface area contributed by atoms with Gasteiger partial charge in [0.25, 0.3) is 5.91 Å². The smallest absolute Gasteiger partial charge is 0.261 e. The zero-order valence-electron chi connectivity index (χ0n) is 16.0. The van der Waals surface area contributed by atoms with Crippen molar-refractivity contribution in [3.63, 3.8) is 0 Å². The molecule has 1 amide bonds. The van der Waals surface area contributed by atoms with Crippen LogP contribution in [0.15, 0.2) is 48.5 Å². The van der Waals surface area contributed by atoms with Crippen molar-refractivity contribution in [3.05, 3.63) is 65.2 Å². The van der Waals surface area contributed by atoms with Crippen LogP contribution in [0.2, 0.25) is 0 Å². The number of amides is 1. The maximum Gasteiger partial charge on any atom is 0.261 e. The van der Waals surface area contributed by atoms with Crippen molar-refractivity contribution in [1.29, 1.82) is 0 Å². The number of benzene rings is 2. The Labute approximate surface area is 156 Å². The maximum absolute atomic E-state index is 12.6. The van der Waals surface area contributed by atoms with Crippen LogP contribution in [0.4, 0.5) is 0 Å². The number of fused-ring (bicyclic) bond motifs is 1. The summed E-state index contributed by atoms with van der Waals surface area (Å²) in [7, 11) is 0. The summed E-state index contributed by atoms with van der Waals surface area (Å²) >= 11 is 0. The van der Waals surface area contributed by atoms with E-state index in [0.29, 0.717) is 0 Å². The van der Waals surface area contributed by atoms with E-state index in [1.807, 2.05) is 45.0 Å². The van der Waals surface area contributed by atoms with Gasteiger partial charge in [-0.25, -0.2) is 0 Å². The zero-order chi connectivity index (χ0) is 18.6. The van der Waals surface area contributed by atoms with Gasteiger partial charge in [0.2, 0.25) is 0 Å². The fraction of sp³-hybridized carbons (Fsp3) is 0.435. The Morgan fingerprint density at radius 3 is 2.50 bits per heavy atom. The monoisotopic (exact) mass is 351 g/mol. The van der Waals surface area contributed by atoms with Gasteiger partial charge in [-0.15, -0.1) is 0 Å². The molecule has 2 aromatic rings. The maximum atomic E-state index is 12.6. The van der Waals surface area contributed by atoms with Gasteiger partial charge in [0.15, 0.2) is 6.10 Å². The Bertz CT molecular complexity index is 752. The molecule has 0 aliphatic heterocycles. The number of hydrogen-bond acceptors (Lipinski definition) is 2. The summed E-state index contributed by atoms with van der Waals surface area (Å²) in [6.45, 7) is 5.90. The molecular weight excluding hydrogens is 322 g/mol. The van der Waals surface area contributed by atoms with Crippen molar-refractivity contribution in [2.75, 3.05) is 0 Å². The fourth-order valence-electron chi connectivity index (χ4n) is 3.63. The first-order chi connectivity index (χ1) is 12.4. The van der Waals surface area contributed by atoms with Crippen molar-refractivity contribution < 1.29 is 9.53 Å². The second kappa shape index (κ2) is 7.94. The van der Waals surface area contributed by atoms with E-state index in [4.69, 9.17) is 4.74 Å². The molecule has 0 heterocycles. The topological polar surface area (TPSA) is 38.3 Å². The summed E-state index contributed by atoms with van der Waals surface area (Å²) in [6.07, 6.45) is 5.02. The molecule has 3 nitrogen and oxygen atoms in total. The molecule has 0 radical (unpaired) electrons. The number of nitrogens with one attached hydrogen (secondary N) is 1. The third-order valence-electron chi connectivity index (χ3n) is 4.95. The molecule has 3 rings (SSSR count). The zero-order valence-corrected chi connectivity index (χ0v) is 16.0. The second-order valence-electron chi connectivity index (χ2n) is 7.93. The van der Waals surface area contributed by atoms with Crippen molar-refractivity contribution in [2.45, 2.75) is 64.5 Å². The van der Waals surface area contributed by atoms with Gasteiger partial charge in [-0.2, -0.15) is 0 Å². The van der Waals surface area contributed by atoms with E-state index in [2.05, 4.69) is 29.6 Å². The third kappa shape index (κ3) is 4.87. The van der Waals surface area contributed by atoms with Gasteiger partial charge < -0.3 is 10.1 Å². The fourth-order valence-corrected chi connectivity index (χ4v) is 3.63. The van der Waals surface area contributed by atoms with Crippen LogP contribution in [0.5, 0.6) is 5.75 Å². The van der Waals surface area contributed by atoms with Crippen LogP contribution < -0.4 is 10.1 Å². The minimum absolute atomic E-state index is 0.0800. The van der Waals surface area contributed by atoms with Crippen molar-refractivity contribution in [3.8, 4) is 5.75 Å². The molecule has 1 atom stereocenters. The Balaban J connectivity index is 1.59. The van der Waals surface area contributed by atoms with E-state index in [9.17, 15) is 4.79 Å². The number of hydrogen-bond donors (Lipinski definition) is 1. The first-order valence-electron chi connectivity index (χ1n) is 9.57. The van der Waals surface area contributed by atoms with E-state index in [1.54, 1.807) is 0 Å². The molecule has 1 aliphatic rings. The molecule has 1 aliphatic carbocycles. The lowest BCUT2D eigenvalue weighted by molar-refractivity contribution is -0.128. The Kier molecular flexibility index (Phi) is 5.65. The Morgan fingerprint density at radius 2 is 1.77 bits per heavy atom. The summed E-state index contributed by atoms with van der Waals surface area (Å²) in [5.74, 6) is 0.706. The Morgan fingerprint density at radius 1 is 1.08 bits per heavy atom. The van der Waals surface area contributed by atoms with Crippen LogP contribution in [0.1, 0.15) is 50.3 Å². The van der Waals surface area contributed by atoms with E-state index in [1.165, 1.54) is 29.5 Å². The van der Waals surface area contributed by atoms with Crippen LogP contribution in [-0.2, 0) is 24.1 Å². The molecular formula is C23H29NO2. The summed E-state index contributed by atoms with van der Waals surface area (Å²) < 4.78 is 5.93. The second-order valence-corrected chi connectivity index (χ2v) is 7.93.